The van der Waals surface area contributed by atoms with E-state index in [1.54, 1.807) is 7.05 Å². The average molecular weight is 362 g/mol. The van der Waals surface area contributed by atoms with Crippen molar-refractivity contribution in [2.24, 2.45) is 3.34 Å². The standard InChI is InChI=1S/CH3N.3BrH.Nb/c1-2;;;;/h1H3;3*1H;/q;;;;+3/p-3. The van der Waals surface area contributed by atoms with Crippen molar-refractivity contribution >= 4 is 39.1 Å². The Morgan fingerprint density at radius 1 is 1.33 bits per heavy atom. The summed E-state index contributed by atoms with van der Waals surface area (Å²) in [5.74, 6) is 0. The summed E-state index contributed by atoms with van der Waals surface area (Å²) < 4.78 is 3.97. The van der Waals surface area contributed by atoms with Crippen LogP contribution in [0.2, 0.25) is 0 Å². The molecule has 0 aromatic carbocycles. The predicted octanol–water partition coefficient (Wildman–Crippen LogP) is 2.88. The second-order valence-corrected chi connectivity index (χ2v) is 38.8. The Bertz CT molecular complexity index is 74.5. The van der Waals surface area contributed by atoms with Crippen molar-refractivity contribution in [3.63, 3.8) is 0 Å². The van der Waals surface area contributed by atoms with Crippen LogP contribution in [0.25, 0.3) is 0 Å². The van der Waals surface area contributed by atoms with Crippen LogP contribution in [-0.4, -0.2) is 7.05 Å². The molecule has 0 aromatic heterocycles. The van der Waals surface area contributed by atoms with Crippen LogP contribution in [0.1, 0.15) is 0 Å². The summed E-state index contributed by atoms with van der Waals surface area (Å²) in [5.41, 5.74) is 0. The first-order chi connectivity index (χ1) is 2.56. The van der Waals surface area contributed by atoms with E-state index >= 15 is 0 Å². The van der Waals surface area contributed by atoms with Crippen molar-refractivity contribution < 1.29 is 10.6 Å². The Labute approximate surface area is 59.2 Å². The Morgan fingerprint density at radius 2 is 1.50 bits per heavy atom. The van der Waals surface area contributed by atoms with Gasteiger partial charge in [0.05, 0.1) is 0 Å². The Morgan fingerprint density at radius 3 is 1.50 bits per heavy atom. The molecular formula is CH3Br3NNb. The minimum atomic E-state index is -2.08. The van der Waals surface area contributed by atoms with Crippen LogP contribution in [0.5, 0.6) is 0 Å². The predicted molar refractivity (Wildman–Crippen MR) is 35.1 cm³/mol. The van der Waals surface area contributed by atoms with Gasteiger partial charge in [0.1, 0.15) is 0 Å². The first-order valence-electron chi connectivity index (χ1n) is 1.15. The molecule has 0 bridgehead atoms. The molecule has 0 radical (unpaired) electrons. The van der Waals surface area contributed by atoms with E-state index in [0.29, 0.717) is 0 Å². The zero-order valence-corrected chi connectivity index (χ0v) is 9.98. The fraction of sp³-hybridized carbons (Fsp3) is 1.00. The van der Waals surface area contributed by atoms with E-state index < -0.39 is 10.6 Å². The topological polar surface area (TPSA) is 12.4 Å². The van der Waals surface area contributed by atoms with Gasteiger partial charge in [-0.15, -0.1) is 0 Å². The second kappa shape index (κ2) is 3.10. The molecule has 0 aliphatic carbocycles. The summed E-state index contributed by atoms with van der Waals surface area (Å²) >= 11 is 10.0. The molecule has 0 saturated heterocycles. The van der Waals surface area contributed by atoms with Crippen LogP contribution < -0.4 is 0 Å². The summed E-state index contributed by atoms with van der Waals surface area (Å²) in [5, 5.41) is 0. The molecule has 0 rings (SSSR count). The SMILES string of the molecule is C[N]=[Nb]([Br])([Br])[Br]. The van der Waals surface area contributed by atoms with Gasteiger partial charge in [-0.25, -0.2) is 0 Å². The van der Waals surface area contributed by atoms with Gasteiger partial charge in [0.25, 0.3) is 0 Å². The molecule has 38 valence electrons. The van der Waals surface area contributed by atoms with Crippen molar-refractivity contribution in [3.8, 4) is 0 Å². The monoisotopic (exact) mass is 359 g/mol. The van der Waals surface area contributed by atoms with E-state index in [1.807, 2.05) is 0 Å². The summed E-state index contributed by atoms with van der Waals surface area (Å²) in [4.78, 5) is 0. The van der Waals surface area contributed by atoms with E-state index in [4.69, 9.17) is 0 Å². The van der Waals surface area contributed by atoms with Gasteiger partial charge in [0.15, 0.2) is 0 Å². The Kier molecular flexibility index (Phi) is 4.12. The summed E-state index contributed by atoms with van der Waals surface area (Å²) in [7, 11) is -0.303. The first-order valence-corrected chi connectivity index (χ1v) is 17.2. The molecule has 0 N–H and O–H groups in total. The molecule has 5 heteroatoms. The molecule has 6 heavy (non-hydrogen) atoms. The maximum absolute atomic E-state index is 3.97. The van der Waals surface area contributed by atoms with Gasteiger partial charge < -0.3 is 0 Å². The van der Waals surface area contributed by atoms with E-state index in [1.165, 1.54) is 0 Å². The zero-order valence-electron chi connectivity index (χ0n) is 3.03. The van der Waals surface area contributed by atoms with Gasteiger partial charge in [0.2, 0.25) is 0 Å². The van der Waals surface area contributed by atoms with E-state index in [0.717, 1.165) is 0 Å². The summed E-state index contributed by atoms with van der Waals surface area (Å²) in [6.45, 7) is 0. The molecule has 0 heterocycles. The molecular weight excluding hydrogens is 359 g/mol. The quantitative estimate of drug-likeness (QED) is 0.588. The van der Waals surface area contributed by atoms with Gasteiger partial charge in [0, 0.05) is 0 Å². The van der Waals surface area contributed by atoms with Crippen LogP contribution in [0.4, 0.5) is 0 Å². The molecule has 0 aromatic rings. The van der Waals surface area contributed by atoms with Crippen LogP contribution >= 0.6 is 39.1 Å². The third-order valence-electron chi connectivity index (χ3n) is 0.227. The number of nitrogens with zero attached hydrogens (tertiary/aromatic N) is 1. The Hall–Kier alpha value is 1.98. The van der Waals surface area contributed by atoms with E-state index in [9.17, 15) is 0 Å². The van der Waals surface area contributed by atoms with Crippen molar-refractivity contribution in [1.82, 2.24) is 0 Å². The Balaban J connectivity index is 3.79. The average Bonchev–Trinajstić information content (AvgIpc) is 1.35. The van der Waals surface area contributed by atoms with E-state index in [-0.39, 0.29) is 0 Å². The van der Waals surface area contributed by atoms with Crippen LogP contribution in [0.15, 0.2) is 3.34 Å². The fourth-order valence-corrected chi connectivity index (χ4v) is 0. The van der Waals surface area contributed by atoms with Gasteiger partial charge in [-0.3, -0.25) is 0 Å². The third kappa shape index (κ3) is 5.98. The molecule has 0 amide bonds. The molecule has 0 aliphatic rings. The number of rotatable bonds is 0. The zero-order chi connectivity index (χ0) is 5.21. The minimum absolute atomic E-state index is 1.78. The summed E-state index contributed by atoms with van der Waals surface area (Å²) in [6, 6.07) is 0. The molecule has 1 nitrogen and oxygen atoms in total. The second-order valence-electron chi connectivity index (χ2n) is 0.618. The van der Waals surface area contributed by atoms with Crippen molar-refractivity contribution in [3.05, 3.63) is 0 Å². The number of halogens is 3. The first kappa shape index (κ1) is 7.98. The van der Waals surface area contributed by atoms with Crippen LogP contribution in [-0.2, 0) is 10.6 Å². The molecule has 0 aliphatic heterocycles. The fourth-order valence-electron chi connectivity index (χ4n) is 0. The van der Waals surface area contributed by atoms with Gasteiger partial charge >= 0.3 is 60.0 Å². The van der Waals surface area contributed by atoms with E-state index in [2.05, 4.69) is 42.4 Å². The summed E-state index contributed by atoms with van der Waals surface area (Å²) in [6.07, 6.45) is 0. The van der Waals surface area contributed by atoms with Crippen molar-refractivity contribution in [2.75, 3.05) is 7.05 Å². The number of hydrogen-bond acceptors (Lipinski definition) is 1. The normalized spacial score (nSPS) is 11.3. The molecule has 0 spiro atoms. The van der Waals surface area contributed by atoms with Crippen LogP contribution in [0.3, 0.4) is 0 Å². The third-order valence-corrected chi connectivity index (χ3v) is 6.97. The molecule has 0 atom stereocenters. The van der Waals surface area contributed by atoms with Crippen molar-refractivity contribution in [1.29, 1.82) is 0 Å². The maximum atomic E-state index is 3.97. The molecule has 0 fully saturated rings. The van der Waals surface area contributed by atoms with Gasteiger partial charge in [-0.2, -0.15) is 0 Å². The molecule has 0 saturated carbocycles. The van der Waals surface area contributed by atoms with Crippen molar-refractivity contribution in [2.45, 2.75) is 0 Å². The number of hydrogen-bond donors (Lipinski definition) is 0. The van der Waals surface area contributed by atoms with Gasteiger partial charge in [-0.05, 0) is 0 Å². The van der Waals surface area contributed by atoms with Gasteiger partial charge in [-0.1, -0.05) is 0 Å². The van der Waals surface area contributed by atoms with Crippen LogP contribution in [0, 0.1) is 0 Å². The molecule has 0 unspecified atom stereocenters.